The van der Waals surface area contributed by atoms with Gasteiger partial charge in [0.1, 0.15) is 12.2 Å². The maximum atomic E-state index is 10.5. The molecule has 1 saturated heterocycles. The molecule has 16 heavy (non-hydrogen) atoms. The molecule has 0 bridgehead atoms. The van der Waals surface area contributed by atoms with Crippen molar-refractivity contribution in [3.8, 4) is 0 Å². The summed E-state index contributed by atoms with van der Waals surface area (Å²) in [6.45, 7) is 6.25. The van der Waals surface area contributed by atoms with E-state index in [1.165, 1.54) is 0 Å². The smallest absolute Gasteiger partial charge is 0.138 e. The quantitative estimate of drug-likeness (QED) is 0.874. The average molecular weight is 241 g/mol. The Morgan fingerprint density at radius 2 is 2.44 bits per heavy atom. The maximum Gasteiger partial charge on any atom is 0.138 e. The van der Waals surface area contributed by atoms with Gasteiger partial charge in [-0.2, -0.15) is 16.9 Å². The van der Waals surface area contributed by atoms with E-state index >= 15 is 0 Å². The summed E-state index contributed by atoms with van der Waals surface area (Å²) in [7, 11) is 0. The monoisotopic (exact) mass is 241 g/mol. The summed E-state index contributed by atoms with van der Waals surface area (Å²) in [6.07, 6.45) is 3.04. The second-order valence-corrected chi connectivity index (χ2v) is 6.21. The zero-order valence-corrected chi connectivity index (χ0v) is 10.9. The lowest BCUT2D eigenvalue weighted by molar-refractivity contribution is 0.0431. The van der Waals surface area contributed by atoms with Crippen LogP contribution < -0.4 is 0 Å². The van der Waals surface area contributed by atoms with Gasteiger partial charge in [0.2, 0.25) is 0 Å². The maximum absolute atomic E-state index is 10.5. The zero-order chi connectivity index (χ0) is 11.8. The van der Waals surface area contributed by atoms with Crippen LogP contribution in [0.15, 0.2) is 6.33 Å². The molecular weight excluding hydrogens is 222 g/mol. The Kier molecular flexibility index (Phi) is 3.26. The number of nitrogens with zero attached hydrogens (tertiary/aromatic N) is 3. The van der Waals surface area contributed by atoms with Crippen molar-refractivity contribution in [2.45, 2.75) is 50.5 Å². The molecule has 90 valence electrons. The minimum atomic E-state index is -0.607. The average Bonchev–Trinajstić information content (AvgIpc) is 2.76. The molecule has 5 heteroatoms. The van der Waals surface area contributed by atoms with Crippen molar-refractivity contribution in [3.05, 3.63) is 12.2 Å². The van der Waals surface area contributed by atoms with Gasteiger partial charge in [0.15, 0.2) is 0 Å². The van der Waals surface area contributed by atoms with Crippen molar-refractivity contribution in [1.82, 2.24) is 14.8 Å². The third-order valence-electron chi connectivity index (χ3n) is 3.26. The predicted molar refractivity (Wildman–Crippen MR) is 65.6 cm³/mol. The molecule has 0 spiro atoms. The molecule has 1 aliphatic rings. The first kappa shape index (κ1) is 11.9. The summed E-state index contributed by atoms with van der Waals surface area (Å²) in [4.78, 5) is 4.26. The molecule has 0 amide bonds. The van der Waals surface area contributed by atoms with Crippen LogP contribution in [-0.2, 0) is 6.42 Å². The van der Waals surface area contributed by atoms with Gasteiger partial charge in [0.25, 0.3) is 0 Å². The van der Waals surface area contributed by atoms with Crippen LogP contribution in [0, 0.1) is 0 Å². The third kappa shape index (κ3) is 2.11. The van der Waals surface area contributed by atoms with Crippen molar-refractivity contribution < 1.29 is 5.11 Å². The molecule has 2 heterocycles. The molecule has 0 saturated carbocycles. The first-order valence-corrected chi connectivity index (χ1v) is 6.80. The van der Waals surface area contributed by atoms with Gasteiger partial charge in [0.05, 0.1) is 5.60 Å². The largest absolute Gasteiger partial charge is 0.388 e. The van der Waals surface area contributed by atoms with Gasteiger partial charge >= 0.3 is 0 Å². The van der Waals surface area contributed by atoms with E-state index in [4.69, 9.17) is 0 Å². The van der Waals surface area contributed by atoms with Gasteiger partial charge in [-0.15, -0.1) is 0 Å². The number of rotatable bonds is 3. The lowest BCUT2D eigenvalue weighted by atomic mass is 9.93. The van der Waals surface area contributed by atoms with Crippen molar-refractivity contribution in [2.75, 3.05) is 5.75 Å². The molecule has 1 aromatic heterocycles. The van der Waals surface area contributed by atoms with E-state index in [2.05, 4.69) is 30.9 Å². The van der Waals surface area contributed by atoms with Crippen LogP contribution in [0.2, 0.25) is 0 Å². The van der Waals surface area contributed by atoms with Crippen LogP contribution >= 0.6 is 11.8 Å². The lowest BCUT2D eigenvalue weighted by Crippen LogP contribution is -2.38. The highest BCUT2D eigenvalue weighted by molar-refractivity contribution is 8.00. The van der Waals surface area contributed by atoms with E-state index < -0.39 is 5.60 Å². The first-order valence-electron chi connectivity index (χ1n) is 5.75. The summed E-state index contributed by atoms with van der Waals surface area (Å²) in [5, 5.41) is 15.0. The highest BCUT2D eigenvalue weighted by Gasteiger charge is 2.40. The number of thioether (sulfide) groups is 1. The molecule has 2 unspecified atom stereocenters. The predicted octanol–water partition coefficient (Wildman–Crippen LogP) is 1.66. The summed E-state index contributed by atoms with van der Waals surface area (Å²) in [5.74, 6) is 1.93. The minimum Gasteiger partial charge on any atom is -0.388 e. The van der Waals surface area contributed by atoms with E-state index in [1.54, 1.807) is 6.33 Å². The molecule has 1 aliphatic heterocycles. The highest BCUT2D eigenvalue weighted by atomic mass is 32.2. The van der Waals surface area contributed by atoms with E-state index in [0.29, 0.717) is 12.5 Å². The minimum absolute atomic E-state index is 0.282. The summed E-state index contributed by atoms with van der Waals surface area (Å²) in [6, 6.07) is 0.297. The Labute approximate surface area is 100 Å². The summed E-state index contributed by atoms with van der Waals surface area (Å²) < 4.78 is 1.90. The van der Waals surface area contributed by atoms with E-state index in [-0.39, 0.29) is 5.25 Å². The Morgan fingerprint density at radius 1 is 1.69 bits per heavy atom. The topological polar surface area (TPSA) is 50.9 Å². The Morgan fingerprint density at radius 3 is 3.00 bits per heavy atom. The van der Waals surface area contributed by atoms with Crippen molar-refractivity contribution in [2.24, 2.45) is 0 Å². The van der Waals surface area contributed by atoms with Crippen LogP contribution in [0.5, 0.6) is 0 Å². The standard InChI is InChI=1S/C11H19N3OS/c1-8(2)14-10(12-7-13-14)6-11(15)4-5-16-9(11)3/h7-9,15H,4-6H2,1-3H3. The fraction of sp³-hybridized carbons (Fsp3) is 0.818. The molecule has 0 aliphatic carbocycles. The third-order valence-corrected chi connectivity index (χ3v) is 4.64. The molecule has 4 nitrogen and oxygen atoms in total. The highest BCUT2D eigenvalue weighted by Crippen LogP contribution is 2.37. The van der Waals surface area contributed by atoms with Gasteiger partial charge in [-0.25, -0.2) is 9.67 Å². The van der Waals surface area contributed by atoms with Gasteiger partial charge < -0.3 is 5.11 Å². The number of hydrogen-bond donors (Lipinski definition) is 1. The summed E-state index contributed by atoms with van der Waals surface area (Å²) >= 11 is 1.83. The molecule has 1 aromatic rings. The van der Waals surface area contributed by atoms with Crippen LogP contribution in [0.1, 0.15) is 39.1 Å². The Bertz CT molecular complexity index is 366. The van der Waals surface area contributed by atoms with Crippen molar-refractivity contribution in [3.63, 3.8) is 0 Å². The second kappa shape index (κ2) is 4.37. The summed E-state index contributed by atoms with van der Waals surface area (Å²) in [5.41, 5.74) is -0.607. The fourth-order valence-electron chi connectivity index (χ4n) is 2.11. The van der Waals surface area contributed by atoms with Gasteiger partial charge in [0, 0.05) is 17.7 Å². The normalized spacial score (nSPS) is 30.2. The van der Waals surface area contributed by atoms with Crippen LogP contribution in [0.4, 0.5) is 0 Å². The lowest BCUT2D eigenvalue weighted by Gasteiger charge is -2.26. The fourth-order valence-corrected chi connectivity index (χ4v) is 3.44. The molecule has 0 radical (unpaired) electrons. The SMILES string of the molecule is CC(C)n1ncnc1CC1(O)CCSC1C. The van der Waals surface area contributed by atoms with E-state index in [1.807, 2.05) is 16.4 Å². The Hall–Kier alpha value is -0.550. The zero-order valence-electron chi connectivity index (χ0n) is 10.1. The van der Waals surface area contributed by atoms with Crippen molar-refractivity contribution >= 4 is 11.8 Å². The van der Waals surface area contributed by atoms with E-state index in [9.17, 15) is 5.11 Å². The van der Waals surface area contributed by atoms with Crippen LogP contribution in [0.3, 0.4) is 0 Å². The van der Waals surface area contributed by atoms with Gasteiger partial charge in [-0.05, 0) is 26.0 Å². The molecule has 2 rings (SSSR count). The number of aromatic nitrogens is 3. The van der Waals surface area contributed by atoms with Crippen molar-refractivity contribution in [1.29, 1.82) is 0 Å². The molecule has 0 aromatic carbocycles. The second-order valence-electron chi connectivity index (χ2n) is 4.76. The molecule has 2 atom stereocenters. The number of hydrogen-bond acceptors (Lipinski definition) is 4. The molecule has 1 N–H and O–H groups in total. The first-order chi connectivity index (χ1) is 7.53. The molecule has 1 fully saturated rings. The number of aliphatic hydroxyl groups is 1. The van der Waals surface area contributed by atoms with Gasteiger partial charge in [-0.3, -0.25) is 0 Å². The Balaban J connectivity index is 2.17. The van der Waals surface area contributed by atoms with E-state index in [0.717, 1.165) is 18.0 Å². The van der Waals surface area contributed by atoms with Gasteiger partial charge in [-0.1, -0.05) is 6.92 Å². The molecular formula is C11H19N3OS. The van der Waals surface area contributed by atoms with Crippen LogP contribution in [-0.4, -0.2) is 36.5 Å². The van der Waals surface area contributed by atoms with Crippen LogP contribution in [0.25, 0.3) is 0 Å².